The Kier molecular flexibility index (Phi) is 28.8. The SMILES string of the molecule is CCCC(C)(C)c1[cH-]c2c(c1O[SiH](C)C)CCCC2.CCCC(C)(C)c1[cH-]c2c(c1O[SiH](C)C)CCCC2.Cl.Cl.[SiH3].[Zr+4].[c-]1ccccc1.[c-]1ccccc1. The van der Waals surface area contributed by atoms with Gasteiger partial charge in [0, 0.05) is 0 Å². The molecule has 0 fully saturated rings. The first-order valence-electron chi connectivity index (χ1n) is 19.7. The molecule has 54 heavy (non-hydrogen) atoms. The summed E-state index contributed by atoms with van der Waals surface area (Å²) in [5.41, 5.74) is 9.74. The van der Waals surface area contributed by atoms with Gasteiger partial charge in [-0.05, 0) is 72.3 Å². The van der Waals surface area contributed by atoms with Crippen LogP contribution in [0.4, 0.5) is 0 Å². The van der Waals surface area contributed by atoms with Crippen molar-refractivity contribution in [2.24, 2.45) is 0 Å². The van der Waals surface area contributed by atoms with Gasteiger partial charge in [0.15, 0.2) is 0 Å². The van der Waals surface area contributed by atoms with Crippen LogP contribution in [0.1, 0.15) is 126 Å². The molecule has 0 spiro atoms. The summed E-state index contributed by atoms with van der Waals surface area (Å²) in [5.74, 6) is 2.57. The van der Waals surface area contributed by atoms with E-state index in [1.54, 1.807) is 22.3 Å². The van der Waals surface area contributed by atoms with Crippen molar-refractivity contribution < 1.29 is 35.1 Å². The van der Waals surface area contributed by atoms with E-state index in [9.17, 15) is 0 Å². The molecule has 0 amide bonds. The Morgan fingerprint density at radius 2 is 0.889 bits per heavy atom. The van der Waals surface area contributed by atoms with E-state index in [1.807, 2.05) is 60.7 Å². The number of hydrogen-bond acceptors (Lipinski definition) is 2. The van der Waals surface area contributed by atoms with Crippen LogP contribution in [-0.4, -0.2) is 29.0 Å². The van der Waals surface area contributed by atoms with Gasteiger partial charge in [0.1, 0.15) is 0 Å². The molecule has 0 aromatic heterocycles. The fourth-order valence-corrected chi connectivity index (χ4v) is 8.93. The Balaban J connectivity index is 0. The van der Waals surface area contributed by atoms with E-state index in [0.29, 0.717) is 0 Å². The third kappa shape index (κ3) is 17.6. The largest absolute Gasteiger partial charge is 4.00 e. The summed E-state index contributed by atoms with van der Waals surface area (Å²) in [7, 11) is -2.07. The zero-order valence-electron chi connectivity index (χ0n) is 35.7. The van der Waals surface area contributed by atoms with E-state index in [2.05, 4.69) is 92.0 Å². The molecule has 1 radical (unpaired) electrons. The summed E-state index contributed by atoms with van der Waals surface area (Å²) in [4.78, 5) is 0. The Morgan fingerprint density at radius 3 is 1.13 bits per heavy atom. The minimum atomic E-state index is -1.03. The van der Waals surface area contributed by atoms with Gasteiger partial charge in [-0.25, -0.2) is 0 Å². The molecule has 0 atom stereocenters. The fraction of sp³-hybridized carbons (Fsp3) is 0.522. The van der Waals surface area contributed by atoms with Crippen molar-refractivity contribution in [3.05, 3.63) is 118 Å². The van der Waals surface area contributed by atoms with Crippen LogP contribution in [0.5, 0.6) is 11.5 Å². The normalized spacial score (nSPS) is 12.8. The quantitative estimate of drug-likeness (QED) is 0.117. The molecule has 299 valence electrons. The van der Waals surface area contributed by atoms with Crippen LogP contribution in [-0.2, 0) is 62.7 Å². The molecule has 0 aliphatic heterocycles. The molecule has 6 rings (SSSR count). The summed E-state index contributed by atoms with van der Waals surface area (Å²) in [6.45, 7) is 23.2. The number of benzene rings is 2. The molecule has 0 N–H and O–H groups in total. The van der Waals surface area contributed by atoms with E-state index >= 15 is 0 Å². The van der Waals surface area contributed by atoms with Crippen molar-refractivity contribution in [3.63, 3.8) is 0 Å². The first-order valence-corrected chi connectivity index (χ1v) is 25.3. The molecule has 4 aromatic carbocycles. The summed E-state index contributed by atoms with van der Waals surface area (Å²) in [6, 6.07) is 29.9. The van der Waals surface area contributed by atoms with Crippen LogP contribution in [0.2, 0.25) is 26.2 Å². The van der Waals surface area contributed by atoms with Crippen LogP contribution >= 0.6 is 24.8 Å². The second-order valence-corrected chi connectivity index (χ2v) is 20.6. The maximum Gasteiger partial charge on any atom is 4.00 e. The molecule has 0 unspecified atom stereocenters. The van der Waals surface area contributed by atoms with Crippen LogP contribution < -0.4 is 8.85 Å². The van der Waals surface area contributed by atoms with Gasteiger partial charge < -0.3 is 8.85 Å². The molecule has 0 saturated heterocycles. The summed E-state index contributed by atoms with van der Waals surface area (Å²) in [5, 5.41) is 0. The number of halogens is 2. The maximum absolute atomic E-state index is 6.36. The molecule has 2 nitrogen and oxygen atoms in total. The van der Waals surface area contributed by atoms with Gasteiger partial charge >= 0.3 is 26.2 Å². The molecule has 0 saturated carbocycles. The second kappa shape index (κ2) is 28.3. The molecule has 2 aliphatic carbocycles. The standard InChI is InChI=1S/2C17H29OSi.2C6H5.2ClH.H3Si.Zr/c2*1-6-11-17(2,3)15-12-13-9-7-8-10-14(13)16(15)18-19(4)5;2*1-2-4-6-5-3-1;;;;/h2*12,19H,6-11H2,1-5H3;2*1-5H;2*1H;1H3;/q4*-1;;;;+4. The van der Waals surface area contributed by atoms with Gasteiger partial charge in [-0.2, -0.15) is 107 Å². The molecule has 2 aliphatic rings. The monoisotopic (exact) mass is 901 g/mol. The Bertz CT molecular complexity index is 1330. The van der Waals surface area contributed by atoms with Crippen molar-refractivity contribution in [2.75, 3.05) is 0 Å². The third-order valence-electron chi connectivity index (χ3n) is 9.83. The van der Waals surface area contributed by atoms with E-state index in [-0.39, 0.29) is 72.8 Å². The van der Waals surface area contributed by atoms with Gasteiger partial charge in [0.05, 0.1) is 0 Å². The minimum Gasteiger partial charge on any atom is -0.613 e. The Hall–Kier alpha value is -1.15. The van der Waals surface area contributed by atoms with E-state index in [4.69, 9.17) is 8.85 Å². The van der Waals surface area contributed by atoms with Crippen molar-refractivity contribution in [1.29, 1.82) is 0 Å². The number of fused-ring (bicyclic) bond motifs is 2. The first kappa shape index (κ1) is 55.0. The third-order valence-corrected chi connectivity index (χ3v) is 11.2. The minimum absolute atomic E-state index is 0. The molecular formula is C46H73Cl2O2Si3Zr. The summed E-state index contributed by atoms with van der Waals surface area (Å²) in [6.07, 6.45) is 15.3. The second-order valence-electron chi connectivity index (χ2n) is 16.0. The molecule has 4 aromatic rings. The van der Waals surface area contributed by atoms with Gasteiger partial charge in [-0.1, -0.05) is 106 Å². The Morgan fingerprint density at radius 1 is 0.574 bits per heavy atom. The molecule has 0 heterocycles. The number of rotatable bonds is 10. The van der Waals surface area contributed by atoms with Crippen molar-refractivity contribution in [2.45, 2.75) is 156 Å². The maximum atomic E-state index is 6.36. The predicted molar refractivity (Wildman–Crippen MR) is 247 cm³/mol. The van der Waals surface area contributed by atoms with Crippen LogP contribution in [0.25, 0.3) is 0 Å². The van der Waals surface area contributed by atoms with E-state index < -0.39 is 18.1 Å². The number of aryl methyl sites for hydroxylation is 2. The first-order chi connectivity index (χ1) is 23.9. The van der Waals surface area contributed by atoms with Crippen molar-refractivity contribution in [3.8, 4) is 11.5 Å². The van der Waals surface area contributed by atoms with Crippen LogP contribution in [0.15, 0.2) is 72.8 Å². The summed E-state index contributed by atoms with van der Waals surface area (Å²) >= 11 is 0. The van der Waals surface area contributed by atoms with Gasteiger partial charge in [0.25, 0.3) is 0 Å². The zero-order valence-corrected chi connectivity index (χ0v) is 44.1. The van der Waals surface area contributed by atoms with E-state index in [0.717, 1.165) is 0 Å². The summed E-state index contributed by atoms with van der Waals surface area (Å²) < 4.78 is 12.7. The van der Waals surface area contributed by atoms with Crippen LogP contribution in [0.3, 0.4) is 0 Å². The molecule has 8 heteroatoms. The zero-order chi connectivity index (χ0) is 36.6. The molecular weight excluding hydrogens is 831 g/mol. The van der Waals surface area contributed by atoms with Crippen molar-refractivity contribution in [1.82, 2.24) is 0 Å². The smallest absolute Gasteiger partial charge is 0.613 e. The molecule has 0 bridgehead atoms. The van der Waals surface area contributed by atoms with Gasteiger partial charge in [0.2, 0.25) is 18.1 Å². The number of hydrogen-bond donors (Lipinski definition) is 0. The average Bonchev–Trinajstić information content (AvgIpc) is 3.66. The van der Waals surface area contributed by atoms with Crippen molar-refractivity contribution >= 4 is 53.9 Å². The van der Waals surface area contributed by atoms with E-state index in [1.165, 1.54) is 99.7 Å². The topological polar surface area (TPSA) is 18.5 Å². The van der Waals surface area contributed by atoms with Gasteiger partial charge in [-0.3, -0.25) is 0 Å². The Labute approximate surface area is 371 Å². The fourth-order valence-electron chi connectivity index (χ4n) is 7.45. The average molecular weight is 904 g/mol. The predicted octanol–water partition coefficient (Wildman–Crippen LogP) is 12.1. The van der Waals surface area contributed by atoms with Crippen LogP contribution in [0, 0.1) is 12.1 Å². The van der Waals surface area contributed by atoms with Gasteiger partial charge in [-0.15, -0.1) is 35.9 Å².